The number of ether oxygens (including phenoxy) is 1. The van der Waals surface area contributed by atoms with Crippen LogP contribution in [0.3, 0.4) is 0 Å². The highest BCUT2D eigenvalue weighted by Crippen LogP contribution is 2.44. The molecule has 11 nitrogen and oxygen atoms in total. The molecule has 0 radical (unpaired) electrons. The number of methoxy groups -OCH3 is 1. The fraction of sp³-hybridized carbons (Fsp3) is 0.211. The van der Waals surface area contributed by atoms with Gasteiger partial charge in [-0.1, -0.05) is 18.2 Å². The molecular formula is C19H20N5O6P. The monoisotopic (exact) mass is 445 g/mol. The van der Waals surface area contributed by atoms with E-state index in [4.69, 9.17) is 9.05 Å². The van der Waals surface area contributed by atoms with Crippen LogP contribution >= 0.6 is 7.75 Å². The molecule has 0 aliphatic rings. The highest BCUT2D eigenvalue weighted by Gasteiger charge is 2.31. The van der Waals surface area contributed by atoms with Crippen molar-refractivity contribution in [1.82, 2.24) is 24.6 Å². The van der Waals surface area contributed by atoms with Crippen LogP contribution in [0.4, 0.5) is 0 Å². The first-order valence-electron chi connectivity index (χ1n) is 9.08. The summed E-state index contributed by atoms with van der Waals surface area (Å²) in [6.45, 7) is 1.33. The van der Waals surface area contributed by atoms with E-state index in [0.717, 1.165) is 0 Å². The van der Waals surface area contributed by atoms with E-state index in [1.165, 1.54) is 43.5 Å². The number of H-pyrrole nitrogens is 1. The Balaban J connectivity index is 1.72. The molecule has 0 aliphatic heterocycles. The van der Waals surface area contributed by atoms with Crippen molar-refractivity contribution in [1.29, 1.82) is 0 Å². The van der Waals surface area contributed by atoms with E-state index in [-0.39, 0.29) is 17.7 Å². The summed E-state index contributed by atoms with van der Waals surface area (Å²) in [6.07, 6.45) is 5.62. The number of hydrogen-bond acceptors (Lipinski definition) is 8. The Kier molecular flexibility index (Phi) is 7.17. The average molecular weight is 445 g/mol. The first-order valence-corrected chi connectivity index (χ1v) is 10.6. The van der Waals surface area contributed by atoms with E-state index >= 15 is 0 Å². The highest BCUT2D eigenvalue weighted by molar-refractivity contribution is 7.52. The van der Waals surface area contributed by atoms with Crippen LogP contribution in [0, 0.1) is 0 Å². The lowest BCUT2D eigenvalue weighted by Gasteiger charge is -2.21. The summed E-state index contributed by atoms with van der Waals surface area (Å²) in [5, 5.41) is 2.54. The van der Waals surface area contributed by atoms with Gasteiger partial charge in [-0.05, 0) is 25.1 Å². The van der Waals surface area contributed by atoms with Crippen LogP contribution in [0.2, 0.25) is 0 Å². The van der Waals surface area contributed by atoms with Crippen molar-refractivity contribution >= 4 is 31.1 Å². The lowest BCUT2D eigenvalue weighted by atomic mass is 10.3. The number of hydrogen-bond donors (Lipinski definition) is 2. The van der Waals surface area contributed by atoms with Gasteiger partial charge in [0.15, 0.2) is 11.2 Å². The molecule has 2 N–H and O–H groups in total. The first kappa shape index (κ1) is 22.2. The van der Waals surface area contributed by atoms with Gasteiger partial charge in [-0.25, -0.2) is 14.5 Å². The summed E-state index contributed by atoms with van der Waals surface area (Å²) in [5.41, 5.74) is 3.02. The van der Waals surface area contributed by atoms with E-state index in [1.807, 2.05) is 0 Å². The molecule has 3 aromatic rings. The summed E-state index contributed by atoms with van der Waals surface area (Å²) in [7, 11) is -2.70. The van der Waals surface area contributed by atoms with Crippen molar-refractivity contribution in [2.24, 2.45) is 0 Å². The van der Waals surface area contributed by atoms with Crippen LogP contribution in [0.15, 0.2) is 59.6 Å². The van der Waals surface area contributed by atoms with Crippen molar-refractivity contribution in [2.75, 3.05) is 13.7 Å². The second-order valence-electron chi connectivity index (χ2n) is 6.13. The quantitative estimate of drug-likeness (QED) is 0.288. The number of para-hydroxylation sites is 1. The van der Waals surface area contributed by atoms with Crippen LogP contribution in [0.1, 0.15) is 6.92 Å². The van der Waals surface area contributed by atoms with Crippen molar-refractivity contribution in [3.05, 3.63) is 65.1 Å². The number of aromatic amines is 1. The summed E-state index contributed by atoms with van der Waals surface area (Å²) in [5.74, 6) is -0.318. The Morgan fingerprint density at radius 3 is 2.87 bits per heavy atom. The lowest BCUT2D eigenvalue weighted by molar-refractivity contribution is -0.142. The molecule has 3 rings (SSSR count). The zero-order valence-electron chi connectivity index (χ0n) is 16.7. The molecule has 12 heteroatoms. The smallest absolute Gasteiger partial charge is 0.459 e. The lowest BCUT2D eigenvalue weighted by Crippen LogP contribution is -2.34. The van der Waals surface area contributed by atoms with Crippen LogP contribution in [0.25, 0.3) is 17.4 Å². The SMILES string of the molecule is COC(=O)[C@H](C)NP(=O)(OCC=C=Cn1cnc2c(=O)[nH]cnc21)Oc1ccccc1. The largest absolute Gasteiger partial charge is 0.468 e. The fourth-order valence-corrected chi connectivity index (χ4v) is 3.88. The molecule has 0 aliphatic carbocycles. The van der Waals surface area contributed by atoms with Gasteiger partial charge in [0, 0.05) is 0 Å². The van der Waals surface area contributed by atoms with E-state index in [2.05, 4.69) is 30.5 Å². The number of aromatic nitrogens is 4. The predicted molar refractivity (Wildman–Crippen MR) is 112 cm³/mol. The number of carbonyl (C=O) groups is 1. The van der Waals surface area contributed by atoms with E-state index in [0.29, 0.717) is 11.4 Å². The standard InChI is InChI=1S/C19H20N5O6P/c1-14(19(26)28-2)23-31(27,30-15-8-4-3-5-9-15)29-11-7-6-10-24-13-22-16-17(24)20-12-21-18(16)25/h3-5,7-10,12-14H,11H2,1-2H3,(H,23,27)(H,20,21,25)/t6?,14-,31?/m0/s1. The van der Waals surface area contributed by atoms with E-state index in [1.54, 1.807) is 30.3 Å². The normalized spacial score (nSPS) is 13.6. The number of benzene rings is 1. The van der Waals surface area contributed by atoms with Crippen LogP contribution in [-0.2, 0) is 18.6 Å². The molecular weight excluding hydrogens is 425 g/mol. The van der Waals surface area contributed by atoms with Crippen molar-refractivity contribution in [2.45, 2.75) is 13.0 Å². The summed E-state index contributed by atoms with van der Waals surface area (Å²) < 4.78 is 30.2. The second kappa shape index (κ2) is 10.0. The number of esters is 1. The van der Waals surface area contributed by atoms with Crippen molar-refractivity contribution in [3.8, 4) is 5.75 Å². The summed E-state index contributed by atoms with van der Waals surface area (Å²) >= 11 is 0. The van der Waals surface area contributed by atoms with Crippen LogP contribution in [-0.4, -0.2) is 45.2 Å². The molecule has 0 saturated carbocycles. The molecule has 1 aromatic carbocycles. The molecule has 31 heavy (non-hydrogen) atoms. The van der Waals surface area contributed by atoms with Crippen molar-refractivity contribution < 1.29 is 23.1 Å². The third-order valence-corrected chi connectivity index (χ3v) is 5.54. The van der Waals surface area contributed by atoms with Gasteiger partial charge in [0.1, 0.15) is 18.1 Å². The molecule has 1 unspecified atom stereocenters. The third-order valence-electron chi connectivity index (χ3n) is 3.90. The Morgan fingerprint density at radius 1 is 1.35 bits per heavy atom. The maximum absolute atomic E-state index is 13.1. The van der Waals surface area contributed by atoms with Gasteiger partial charge in [-0.15, -0.1) is 5.73 Å². The number of nitrogens with zero attached hydrogens (tertiary/aromatic N) is 3. The maximum atomic E-state index is 13.1. The molecule has 2 heterocycles. The Morgan fingerprint density at radius 2 is 2.13 bits per heavy atom. The molecule has 0 amide bonds. The molecule has 0 bridgehead atoms. The molecule has 0 saturated heterocycles. The Labute approximate surface area is 177 Å². The molecule has 0 fully saturated rings. The van der Waals surface area contributed by atoms with Crippen LogP contribution < -0.4 is 15.2 Å². The van der Waals surface area contributed by atoms with Gasteiger partial charge in [-0.3, -0.25) is 18.7 Å². The number of nitrogens with one attached hydrogen (secondary N) is 2. The number of carbonyl (C=O) groups excluding carboxylic acids is 1. The van der Waals surface area contributed by atoms with Crippen LogP contribution in [0.5, 0.6) is 5.75 Å². The molecule has 2 aromatic heterocycles. The Hall–Kier alpha value is -3.49. The molecule has 0 spiro atoms. The zero-order valence-corrected chi connectivity index (χ0v) is 17.6. The summed E-state index contributed by atoms with van der Waals surface area (Å²) in [6, 6.07) is 7.48. The topological polar surface area (TPSA) is 137 Å². The first-order chi connectivity index (χ1) is 14.9. The zero-order chi connectivity index (χ0) is 22.3. The van der Waals surface area contributed by atoms with E-state index < -0.39 is 19.8 Å². The third kappa shape index (κ3) is 5.78. The minimum absolute atomic E-state index is 0.151. The summed E-state index contributed by atoms with van der Waals surface area (Å²) in [4.78, 5) is 33.8. The number of fused-ring (bicyclic) bond motifs is 1. The Bertz CT molecular complexity index is 1220. The van der Waals surface area contributed by atoms with E-state index in [9.17, 15) is 14.2 Å². The maximum Gasteiger partial charge on any atom is 0.459 e. The minimum atomic E-state index is -3.92. The highest BCUT2D eigenvalue weighted by atomic mass is 31.2. The fourth-order valence-electron chi connectivity index (χ4n) is 2.45. The van der Waals surface area contributed by atoms with Gasteiger partial charge >= 0.3 is 13.7 Å². The van der Waals surface area contributed by atoms with Crippen molar-refractivity contribution in [3.63, 3.8) is 0 Å². The number of imidazole rings is 1. The second-order valence-corrected chi connectivity index (χ2v) is 7.82. The van der Waals surface area contributed by atoms with Gasteiger partial charge in [0.2, 0.25) is 0 Å². The van der Waals surface area contributed by atoms with Gasteiger partial charge in [0.05, 0.1) is 26.2 Å². The van der Waals surface area contributed by atoms with Gasteiger partial charge < -0.3 is 14.2 Å². The molecule has 162 valence electrons. The minimum Gasteiger partial charge on any atom is -0.468 e. The van der Waals surface area contributed by atoms with Gasteiger partial charge in [-0.2, -0.15) is 5.09 Å². The molecule has 2 atom stereocenters. The van der Waals surface area contributed by atoms with Gasteiger partial charge in [0.25, 0.3) is 5.56 Å². The predicted octanol–water partition coefficient (Wildman–Crippen LogP) is 2.10. The number of rotatable bonds is 9. The average Bonchev–Trinajstić information content (AvgIpc) is 3.18.